The van der Waals surface area contributed by atoms with Gasteiger partial charge in [-0.25, -0.2) is 0 Å². The van der Waals surface area contributed by atoms with Gasteiger partial charge in [-0.15, -0.1) is 0 Å². The van der Waals surface area contributed by atoms with E-state index in [1.54, 1.807) is 13.3 Å². The van der Waals surface area contributed by atoms with Crippen LogP contribution in [0.5, 0.6) is 0 Å². The van der Waals surface area contributed by atoms with Gasteiger partial charge in [-0.1, -0.05) is 11.6 Å². The number of halogens is 1. The van der Waals surface area contributed by atoms with Gasteiger partial charge in [0.05, 0.1) is 22.3 Å². The first-order chi connectivity index (χ1) is 8.22. The molecule has 0 radical (unpaired) electrons. The van der Waals surface area contributed by atoms with Crippen LogP contribution < -0.4 is 5.32 Å². The molecular weight excluding hydrogens is 236 g/mol. The molecule has 4 heteroatoms. The molecule has 0 bridgehead atoms. The third-order valence-electron chi connectivity index (χ3n) is 2.70. The van der Waals surface area contributed by atoms with Crippen LogP contribution in [0.4, 0.5) is 5.69 Å². The Morgan fingerprint density at radius 3 is 3.00 bits per heavy atom. The second-order valence-electron chi connectivity index (χ2n) is 3.92. The van der Waals surface area contributed by atoms with Crippen molar-refractivity contribution in [2.45, 2.75) is 13.0 Å². The van der Waals surface area contributed by atoms with Gasteiger partial charge < -0.3 is 10.1 Å². The average molecular weight is 251 g/mol. The summed E-state index contributed by atoms with van der Waals surface area (Å²) in [6.07, 6.45) is 1.92. The van der Waals surface area contributed by atoms with Crippen LogP contribution in [0.3, 0.4) is 0 Å². The number of benzene rings is 1. The first kappa shape index (κ1) is 12.1. The Hall–Kier alpha value is -1.32. The molecule has 17 heavy (non-hydrogen) atoms. The van der Waals surface area contributed by atoms with Crippen LogP contribution in [0.1, 0.15) is 6.92 Å². The SMILES string of the molecule is COC(C)CNc1ccc(Cl)c2cccnc12. The summed E-state index contributed by atoms with van der Waals surface area (Å²) >= 11 is 6.13. The highest BCUT2D eigenvalue weighted by Gasteiger charge is 2.06. The molecule has 1 unspecified atom stereocenters. The fraction of sp³-hybridized carbons (Fsp3) is 0.308. The van der Waals surface area contributed by atoms with Gasteiger partial charge in [0.1, 0.15) is 0 Å². The fourth-order valence-corrected chi connectivity index (χ4v) is 1.83. The Kier molecular flexibility index (Phi) is 3.82. The summed E-state index contributed by atoms with van der Waals surface area (Å²) in [5.41, 5.74) is 1.87. The molecule has 90 valence electrons. The highest BCUT2D eigenvalue weighted by Crippen LogP contribution is 2.27. The predicted molar refractivity (Wildman–Crippen MR) is 71.7 cm³/mol. The summed E-state index contributed by atoms with van der Waals surface area (Å²) in [5.74, 6) is 0. The highest BCUT2D eigenvalue weighted by molar-refractivity contribution is 6.35. The molecule has 1 aromatic carbocycles. The largest absolute Gasteiger partial charge is 0.381 e. The maximum absolute atomic E-state index is 6.13. The maximum atomic E-state index is 6.13. The summed E-state index contributed by atoms with van der Waals surface area (Å²) in [5, 5.41) is 5.00. The zero-order valence-corrected chi connectivity index (χ0v) is 10.7. The van der Waals surface area contributed by atoms with Crippen molar-refractivity contribution in [3.05, 3.63) is 35.5 Å². The first-order valence-corrected chi connectivity index (χ1v) is 5.90. The van der Waals surface area contributed by atoms with E-state index in [1.807, 2.05) is 31.2 Å². The standard InChI is InChI=1S/C13H15ClN2O/c1-9(17-2)8-16-12-6-5-11(14)10-4-3-7-15-13(10)12/h3-7,9,16H,8H2,1-2H3. The molecule has 0 saturated heterocycles. The van der Waals surface area contributed by atoms with Crippen molar-refractivity contribution in [1.29, 1.82) is 0 Å². The predicted octanol–water partition coefficient (Wildman–Crippen LogP) is 3.34. The summed E-state index contributed by atoms with van der Waals surface area (Å²) < 4.78 is 5.20. The maximum Gasteiger partial charge on any atom is 0.0948 e. The minimum Gasteiger partial charge on any atom is -0.381 e. The third kappa shape index (κ3) is 2.68. The van der Waals surface area contributed by atoms with Crippen molar-refractivity contribution in [3.63, 3.8) is 0 Å². The van der Waals surface area contributed by atoms with E-state index in [-0.39, 0.29) is 6.10 Å². The molecule has 0 saturated carbocycles. The number of rotatable bonds is 4. The minimum atomic E-state index is 0.157. The number of ether oxygens (including phenoxy) is 1. The highest BCUT2D eigenvalue weighted by atomic mass is 35.5. The molecule has 3 nitrogen and oxygen atoms in total. The van der Waals surface area contributed by atoms with Crippen LogP contribution in [0.25, 0.3) is 10.9 Å². The molecule has 1 aromatic heterocycles. The third-order valence-corrected chi connectivity index (χ3v) is 3.03. The van der Waals surface area contributed by atoms with E-state index in [9.17, 15) is 0 Å². The number of aromatic nitrogens is 1. The molecular formula is C13H15ClN2O. The lowest BCUT2D eigenvalue weighted by Crippen LogP contribution is -2.18. The Morgan fingerprint density at radius 1 is 1.41 bits per heavy atom. The lowest BCUT2D eigenvalue weighted by atomic mass is 10.2. The van der Waals surface area contributed by atoms with Crippen LogP contribution in [0.15, 0.2) is 30.5 Å². The van der Waals surface area contributed by atoms with Crippen molar-refractivity contribution in [2.75, 3.05) is 19.0 Å². The van der Waals surface area contributed by atoms with Gasteiger partial charge in [0, 0.05) is 25.2 Å². The van der Waals surface area contributed by atoms with E-state index >= 15 is 0 Å². The molecule has 1 N–H and O–H groups in total. The van der Waals surface area contributed by atoms with Crippen molar-refractivity contribution in [3.8, 4) is 0 Å². The van der Waals surface area contributed by atoms with Crippen LogP contribution >= 0.6 is 11.6 Å². The normalized spacial score (nSPS) is 12.6. The van der Waals surface area contributed by atoms with Crippen LogP contribution in [0.2, 0.25) is 5.02 Å². The summed E-state index contributed by atoms with van der Waals surface area (Å²) in [7, 11) is 1.70. The van der Waals surface area contributed by atoms with Gasteiger partial charge in [-0.2, -0.15) is 0 Å². The van der Waals surface area contributed by atoms with Crippen molar-refractivity contribution in [1.82, 2.24) is 4.98 Å². The van der Waals surface area contributed by atoms with Gasteiger partial charge >= 0.3 is 0 Å². The van der Waals surface area contributed by atoms with Crippen molar-refractivity contribution >= 4 is 28.2 Å². The monoisotopic (exact) mass is 250 g/mol. The number of nitrogens with one attached hydrogen (secondary N) is 1. The lowest BCUT2D eigenvalue weighted by molar-refractivity contribution is 0.129. The number of hydrogen-bond donors (Lipinski definition) is 1. The summed E-state index contributed by atoms with van der Waals surface area (Å²) in [6, 6.07) is 7.68. The Labute approximate surface area is 106 Å². The fourth-order valence-electron chi connectivity index (χ4n) is 1.62. The van der Waals surface area contributed by atoms with E-state index < -0.39 is 0 Å². The molecule has 0 fully saturated rings. The molecule has 1 atom stereocenters. The Morgan fingerprint density at radius 2 is 2.24 bits per heavy atom. The van der Waals surface area contributed by atoms with E-state index in [0.717, 1.165) is 28.2 Å². The van der Waals surface area contributed by atoms with Gasteiger partial charge in [0.25, 0.3) is 0 Å². The Bertz CT molecular complexity index is 516. The average Bonchev–Trinajstić information content (AvgIpc) is 2.38. The van der Waals surface area contributed by atoms with Gasteiger partial charge in [0.15, 0.2) is 0 Å². The van der Waals surface area contributed by atoms with Crippen molar-refractivity contribution < 1.29 is 4.74 Å². The van der Waals surface area contributed by atoms with Crippen LogP contribution in [-0.2, 0) is 4.74 Å². The molecule has 0 aliphatic rings. The smallest absolute Gasteiger partial charge is 0.0948 e. The van der Waals surface area contributed by atoms with E-state index in [2.05, 4.69) is 10.3 Å². The quantitative estimate of drug-likeness (QED) is 0.904. The van der Waals surface area contributed by atoms with Crippen LogP contribution in [0, 0.1) is 0 Å². The molecule has 1 heterocycles. The molecule has 2 rings (SSSR count). The van der Waals surface area contributed by atoms with Gasteiger partial charge in [-0.3, -0.25) is 4.98 Å². The van der Waals surface area contributed by atoms with Gasteiger partial charge in [0.2, 0.25) is 0 Å². The first-order valence-electron chi connectivity index (χ1n) is 5.52. The molecule has 0 aliphatic carbocycles. The van der Waals surface area contributed by atoms with E-state index in [1.165, 1.54) is 0 Å². The van der Waals surface area contributed by atoms with Crippen molar-refractivity contribution in [2.24, 2.45) is 0 Å². The lowest BCUT2D eigenvalue weighted by Gasteiger charge is -2.13. The van der Waals surface area contributed by atoms with E-state index in [4.69, 9.17) is 16.3 Å². The summed E-state index contributed by atoms with van der Waals surface area (Å²) in [4.78, 5) is 4.36. The molecule has 0 spiro atoms. The topological polar surface area (TPSA) is 34.1 Å². The van der Waals surface area contributed by atoms with Gasteiger partial charge in [-0.05, 0) is 31.2 Å². The second kappa shape index (κ2) is 5.34. The number of anilines is 1. The Balaban J connectivity index is 2.32. The summed E-state index contributed by atoms with van der Waals surface area (Å²) in [6.45, 7) is 2.75. The number of nitrogens with zero attached hydrogens (tertiary/aromatic N) is 1. The number of pyridine rings is 1. The number of hydrogen-bond acceptors (Lipinski definition) is 3. The zero-order chi connectivity index (χ0) is 12.3. The zero-order valence-electron chi connectivity index (χ0n) is 9.90. The molecule has 0 amide bonds. The van der Waals surface area contributed by atoms with Crippen LogP contribution in [-0.4, -0.2) is 24.7 Å². The number of methoxy groups -OCH3 is 1. The molecule has 0 aliphatic heterocycles. The second-order valence-corrected chi connectivity index (χ2v) is 4.33. The van der Waals surface area contributed by atoms with E-state index in [0.29, 0.717) is 0 Å². The number of fused-ring (bicyclic) bond motifs is 1. The molecule has 2 aromatic rings. The minimum absolute atomic E-state index is 0.157.